The van der Waals surface area contributed by atoms with Gasteiger partial charge < -0.3 is 9.84 Å². The summed E-state index contributed by atoms with van der Waals surface area (Å²) < 4.78 is 31.0. The Bertz CT molecular complexity index is 309. The summed E-state index contributed by atoms with van der Waals surface area (Å²) in [6.45, 7) is 0.668. The second-order valence-corrected chi connectivity index (χ2v) is 3.17. The highest BCUT2D eigenvalue weighted by molar-refractivity contribution is 5.21. The van der Waals surface area contributed by atoms with Gasteiger partial charge in [-0.1, -0.05) is 6.07 Å². The van der Waals surface area contributed by atoms with Crippen molar-refractivity contribution in [2.75, 3.05) is 13.7 Å². The van der Waals surface area contributed by atoms with Crippen LogP contribution in [0.2, 0.25) is 0 Å². The van der Waals surface area contributed by atoms with Gasteiger partial charge in [0.05, 0.1) is 6.10 Å². The van der Waals surface area contributed by atoms with Crippen molar-refractivity contribution in [3.05, 3.63) is 35.4 Å². The molecule has 0 bridgehead atoms. The first kappa shape index (κ1) is 12.1. The molecule has 2 nitrogen and oxygen atoms in total. The highest BCUT2D eigenvalue weighted by Gasteiger charge is 2.20. The van der Waals surface area contributed by atoms with Crippen molar-refractivity contribution in [1.29, 1.82) is 0 Å². The molecule has 1 aromatic rings. The van der Waals surface area contributed by atoms with E-state index < -0.39 is 11.6 Å². The zero-order valence-electron chi connectivity index (χ0n) is 8.54. The number of halogens is 2. The summed E-state index contributed by atoms with van der Waals surface area (Å²) in [6.07, 6.45) is 1.59. The van der Waals surface area contributed by atoms with E-state index in [0.717, 1.165) is 26.0 Å². The molecule has 1 N–H and O–H groups in total. The zero-order valence-corrected chi connectivity index (χ0v) is 8.54. The average molecular weight is 216 g/mol. The van der Waals surface area contributed by atoms with Crippen molar-refractivity contribution in [3.63, 3.8) is 0 Å². The Morgan fingerprint density at radius 2 is 2.07 bits per heavy atom. The summed E-state index contributed by atoms with van der Waals surface area (Å²) in [4.78, 5) is 0. The predicted octanol–water partition coefficient (Wildman–Crippen LogP) is 2.42. The SMILES string of the molecule is CO.Fc1ccc(C2CCCO2)c(F)c1. The Balaban J connectivity index is 0.000000531. The number of hydrogen-bond acceptors (Lipinski definition) is 2. The molecular formula is C11H14F2O2. The van der Waals surface area contributed by atoms with Gasteiger partial charge in [-0.2, -0.15) is 0 Å². The van der Waals surface area contributed by atoms with Gasteiger partial charge >= 0.3 is 0 Å². The molecule has 2 rings (SSSR count). The number of aliphatic hydroxyl groups excluding tert-OH is 1. The number of benzene rings is 1. The van der Waals surface area contributed by atoms with E-state index in [1.807, 2.05) is 0 Å². The van der Waals surface area contributed by atoms with Crippen molar-refractivity contribution in [2.24, 2.45) is 0 Å². The number of hydrogen-bond donors (Lipinski definition) is 1. The normalized spacial score (nSPS) is 19.6. The smallest absolute Gasteiger partial charge is 0.131 e. The molecular weight excluding hydrogens is 202 g/mol. The van der Waals surface area contributed by atoms with Crippen LogP contribution < -0.4 is 0 Å². The number of ether oxygens (including phenoxy) is 1. The molecule has 0 aliphatic carbocycles. The van der Waals surface area contributed by atoms with Crippen LogP contribution in [-0.2, 0) is 4.74 Å². The molecule has 0 aromatic heterocycles. The topological polar surface area (TPSA) is 29.5 Å². The molecule has 1 atom stereocenters. The molecule has 1 fully saturated rings. The summed E-state index contributed by atoms with van der Waals surface area (Å²) in [5.74, 6) is -1.05. The first-order valence-electron chi connectivity index (χ1n) is 4.78. The van der Waals surface area contributed by atoms with Crippen LogP contribution in [0.15, 0.2) is 18.2 Å². The van der Waals surface area contributed by atoms with E-state index in [9.17, 15) is 8.78 Å². The molecule has 0 radical (unpaired) electrons. The van der Waals surface area contributed by atoms with Gasteiger partial charge in [-0.05, 0) is 18.9 Å². The van der Waals surface area contributed by atoms with Gasteiger partial charge in [0.15, 0.2) is 0 Å². The van der Waals surface area contributed by atoms with Gasteiger partial charge in [0, 0.05) is 25.3 Å². The maximum absolute atomic E-state index is 13.2. The van der Waals surface area contributed by atoms with Crippen molar-refractivity contribution in [1.82, 2.24) is 0 Å². The third kappa shape index (κ3) is 2.97. The van der Waals surface area contributed by atoms with E-state index in [1.54, 1.807) is 0 Å². The Kier molecular flexibility index (Phi) is 4.65. The summed E-state index contributed by atoms with van der Waals surface area (Å²) in [5.41, 5.74) is 0.471. The minimum Gasteiger partial charge on any atom is -0.400 e. The summed E-state index contributed by atoms with van der Waals surface area (Å²) >= 11 is 0. The van der Waals surface area contributed by atoms with Crippen molar-refractivity contribution < 1.29 is 18.6 Å². The summed E-state index contributed by atoms with van der Waals surface area (Å²) in [6, 6.07) is 3.62. The van der Waals surface area contributed by atoms with Gasteiger partial charge in [-0.15, -0.1) is 0 Å². The Morgan fingerprint density at radius 1 is 1.33 bits per heavy atom. The zero-order chi connectivity index (χ0) is 11.3. The van der Waals surface area contributed by atoms with Gasteiger partial charge in [0.2, 0.25) is 0 Å². The van der Waals surface area contributed by atoms with Gasteiger partial charge in [-0.3, -0.25) is 0 Å². The quantitative estimate of drug-likeness (QED) is 0.781. The van der Waals surface area contributed by atoms with Gasteiger partial charge in [-0.25, -0.2) is 8.78 Å². The van der Waals surface area contributed by atoms with Gasteiger partial charge in [0.25, 0.3) is 0 Å². The summed E-state index contributed by atoms with van der Waals surface area (Å²) in [5, 5.41) is 7.00. The van der Waals surface area contributed by atoms with Crippen LogP contribution in [-0.4, -0.2) is 18.8 Å². The first-order chi connectivity index (χ1) is 7.27. The predicted molar refractivity (Wildman–Crippen MR) is 52.4 cm³/mol. The first-order valence-corrected chi connectivity index (χ1v) is 4.78. The molecule has 1 unspecified atom stereocenters. The Labute approximate surface area is 87.5 Å². The van der Waals surface area contributed by atoms with Crippen LogP contribution in [0.1, 0.15) is 24.5 Å². The minimum atomic E-state index is -0.542. The van der Waals surface area contributed by atoms with E-state index >= 15 is 0 Å². The van der Waals surface area contributed by atoms with Gasteiger partial charge in [0.1, 0.15) is 11.6 Å². The third-order valence-electron chi connectivity index (χ3n) is 2.24. The lowest BCUT2D eigenvalue weighted by Crippen LogP contribution is -1.99. The van der Waals surface area contributed by atoms with Crippen LogP contribution in [0.25, 0.3) is 0 Å². The molecule has 0 saturated carbocycles. The summed E-state index contributed by atoms with van der Waals surface area (Å²) in [7, 11) is 1.00. The lowest BCUT2D eigenvalue weighted by molar-refractivity contribution is 0.109. The molecule has 0 spiro atoms. The van der Waals surface area contributed by atoms with Crippen LogP contribution in [0, 0.1) is 11.6 Å². The minimum absolute atomic E-state index is 0.180. The van der Waals surface area contributed by atoms with E-state index in [1.165, 1.54) is 12.1 Å². The van der Waals surface area contributed by atoms with Crippen LogP contribution in [0.3, 0.4) is 0 Å². The maximum atomic E-state index is 13.2. The lowest BCUT2D eigenvalue weighted by atomic mass is 10.1. The molecule has 1 aliphatic heterocycles. The molecule has 1 aliphatic rings. The van der Waals surface area contributed by atoms with Crippen molar-refractivity contribution in [2.45, 2.75) is 18.9 Å². The molecule has 84 valence electrons. The fourth-order valence-corrected chi connectivity index (χ4v) is 1.59. The second-order valence-electron chi connectivity index (χ2n) is 3.17. The van der Waals surface area contributed by atoms with Crippen molar-refractivity contribution in [3.8, 4) is 0 Å². The highest BCUT2D eigenvalue weighted by Crippen LogP contribution is 2.30. The van der Waals surface area contributed by atoms with E-state index in [4.69, 9.17) is 9.84 Å². The lowest BCUT2D eigenvalue weighted by Gasteiger charge is -2.10. The monoisotopic (exact) mass is 216 g/mol. The van der Waals surface area contributed by atoms with E-state index in [2.05, 4.69) is 0 Å². The molecule has 4 heteroatoms. The van der Waals surface area contributed by atoms with Crippen LogP contribution >= 0.6 is 0 Å². The fourth-order valence-electron chi connectivity index (χ4n) is 1.59. The standard InChI is InChI=1S/C10H10F2O.CH4O/c11-7-3-4-8(9(12)6-7)10-2-1-5-13-10;1-2/h3-4,6,10H,1-2,5H2;2H,1H3. The molecule has 1 aromatic carbocycles. The van der Waals surface area contributed by atoms with E-state index in [-0.39, 0.29) is 6.10 Å². The Hall–Kier alpha value is -1.00. The molecule has 1 saturated heterocycles. The number of rotatable bonds is 1. The fraction of sp³-hybridized carbons (Fsp3) is 0.455. The molecule has 0 amide bonds. The van der Waals surface area contributed by atoms with Crippen molar-refractivity contribution >= 4 is 0 Å². The Morgan fingerprint density at radius 3 is 2.60 bits per heavy atom. The van der Waals surface area contributed by atoms with Crippen LogP contribution in [0.5, 0.6) is 0 Å². The number of aliphatic hydroxyl groups is 1. The molecule has 15 heavy (non-hydrogen) atoms. The molecule has 1 heterocycles. The largest absolute Gasteiger partial charge is 0.400 e. The third-order valence-corrected chi connectivity index (χ3v) is 2.24. The average Bonchev–Trinajstić information content (AvgIpc) is 2.74. The second kappa shape index (κ2) is 5.78. The highest BCUT2D eigenvalue weighted by atomic mass is 19.1. The van der Waals surface area contributed by atoms with Crippen LogP contribution in [0.4, 0.5) is 8.78 Å². The van der Waals surface area contributed by atoms with E-state index in [0.29, 0.717) is 12.2 Å². The maximum Gasteiger partial charge on any atom is 0.131 e.